The Kier molecular flexibility index (Phi) is 6.06. The van der Waals surface area contributed by atoms with Gasteiger partial charge in [0.05, 0.1) is 0 Å². The van der Waals surface area contributed by atoms with Crippen molar-refractivity contribution in [2.45, 2.75) is 53.9 Å². The normalized spacial score (nSPS) is 10.9. The third-order valence-corrected chi connectivity index (χ3v) is 3.29. The molecule has 0 aliphatic carbocycles. The van der Waals surface area contributed by atoms with Crippen molar-refractivity contribution in [1.29, 1.82) is 0 Å². The highest BCUT2D eigenvalue weighted by Gasteiger charge is 2.16. The first kappa shape index (κ1) is 15.7. The molecule has 1 rings (SSSR count). The second kappa shape index (κ2) is 7.31. The highest BCUT2D eigenvalue weighted by atomic mass is 15.3. The van der Waals surface area contributed by atoms with E-state index in [1.165, 1.54) is 5.56 Å². The van der Waals surface area contributed by atoms with Gasteiger partial charge < -0.3 is 10.2 Å². The largest absolute Gasteiger partial charge is 0.370 e. The van der Waals surface area contributed by atoms with Crippen molar-refractivity contribution in [1.82, 2.24) is 9.97 Å². The summed E-state index contributed by atoms with van der Waals surface area (Å²) in [6.45, 7) is 15.7. The fourth-order valence-corrected chi connectivity index (χ4v) is 2.28. The molecule has 108 valence electrons. The first-order chi connectivity index (χ1) is 9.04. The third kappa shape index (κ3) is 3.82. The molecule has 0 saturated heterocycles. The smallest absolute Gasteiger partial charge is 0.227 e. The summed E-state index contributed by atoms with van der Waals surface area (Å²) in [6.07, 6.45) is 1.10. The summed E-state index contributed by atoms with van der Waals surface area (Å²) < 4.78 is 0. The molecule has 0 atom stereocenters. The van der Waals surface area contributed by atoms with Gasteiger partial charge in [0.2, 0.25) is 5.95 Å². The highest BCUT2D eigenvalue weighted by molar-refractivity contribution is 5.52. The molecule has 0 aromatic carbocycles. The second-order valence-corrected chi connectivity index (χ2v) is 5.13. The van der Waals surface area contributed by atoms with Gasteiger partial charge >= 0.3 is 0 Å². The fraction of sp³-hybridized carbons (Fsp3) is 0.733. The summed E-state index contributed by atoms with van der Waals surface area (Å²) in [5.41, 5.74) is 2.33. The van der Waals surface area contributed by atoms with Crippen LogP contribution in [0, 0.1) is 6.92 Å². The van der Waals surface area contributed by atoms with Gasteiger partial charge in [-0.15, -0.1) is 0 Å². The zero-order valence-electron chi connectivity index (χ0n) is 13.2. The van der Waals surface area contributed by atoms with E-state index in [0.717, 1.165) is 43.5 Å². The van der Waals surface area contributed by atoms with E-state index in [1.807, 2.05) is 0 Å². The van der Waals surface area contributed by atoms with E-state index in [2.05, 4.69) is 56.7 Å². The molecule has 1 heterocycles. The summed E-state index contributed by atoms with van der Waals surface area (Å²) in [4.78, 5) is 11.6. The number of hydrogen-bond donors (Lipinski definition) is 1. The summed E-state index contributed by atoms with van der Waals surface area (Å²) in [5.74, 6) is 2.28. The van der Waals surface area contributed by atoms with Gasteiger partial charge in [-0.25, -0.2) is 4.98 Å². The van der Waals surface area contributed by atoms with E-state index in [-0.39, 0.29) is 0 Å². The molecule has 0 saturated carbocycles. The summed E-state index contributed by atoms with van der Waals surface area (Å²) in [5, 5.41) is 3.45. The average molecular weight is 264 g/mol. The lowest BCUT2D eigenvalue weighted by molar-refractivity contribution is 0.785. The SMILES string of the molecule is CCCNc1nc(N(CC)CC)nc(C)c1C(C)C. The van der Waals surface area contributed by atoms with Crippen LogP contribution in [-0.2, 0) is 0 Å². The molecule has 0 unspecified atom stereocenters. The van der Waals surface area contributed by atoms with Crippen LogP contribution in [0.5, 0.6) is 0 Å². The van der Waals surface area contributed by atoms with Crippen molar-refractivity contribution in [3.05, 3.63) is 11.3 Å². The Balaban J connectivity index is 3.21. The molecule has 0 amide bonds. The van der Waals surface area contributed by atoms with Gasteiger partial charge in [-0.2, -0.15) is 4.98 Å². The fourth-order valence-electron chi connectivity index (χ4n) is 2.28. The first-order valence-electron chi connectivity index (χ1n) is 7.42. The van der Waals surface area contributed by atoms with E-state index in [1.54, 1.807) is 0 Å². The van der Waals surface area contributed by atoms with Crippen LogP contribution >= 0.6 is 0 Å². The molecule has 0 fully saturated rings. The van der Waals surface area contributed by atoms with E-state index >= 15 is 0 Å². The Morgan fingerprint density at radius 1 is 1.11 bits per heavy atom. The van der Waals surface area contributed by atoms with Gasteiger partial charge in [0, 0.05) is 30.9 Å². The summed E-state index contributed by atoms with van der Waals surface area (Å²) >= 11 is 0. The molecule has 19 heavy (non-hydrogen) atoms. The predicted octanol–water partition coefficient (Wildman–Crippen LogP) is 3.58. The zero-order valence-corrected chi connectivity index (χ0v) is 13.2. The second-order valence-electron chi connectivity index (χ2n) is 5.13. The number of anilines is 2. The lowest BCUT2D eigenvalue weighted by Crippen LogP contribution is -2.25. The minimum atomic E-state index is 0.435. The van der Waals surface area contributed by atoms with Crippen molar-refractivity contribution in [3.8, 4) is 0 Å². The predicted molar refractivity (Wildman–Crippen MR) is 83.2 cm³/mol. The number of nitrogens with one attached hydrogen (secondary N) is 1. The van der Waals surface area contributed by atoms with Crippen LogP contribution in [-0.4, -0.2) is 29.6 Å². The Bertz CT molecular complexity index is 397. The van der Waals surface area contributed by atoms with Gasteiger partial charge in [0.25, 0.3) is 0 Å². The number of hydrogen-bond acceptors (Lipinski definition) is 4. The maximum Gasteiger partial charge on any atom is 0.227 e. The molecule has 1 N–H and O–H groups in total. The van der Waals surface area contributed by atoms with Gasteiger partial charge in [0.1, 0.15) is 5.82 Å². The van der Waals surface area contributed by atoms with Crippen molar-refractivity contribution < 1.29 is 0 Å². The van der Waals surface area contributed by atoms with Crippen LogP contribution in [0.25, 0.3) is 0 Å². The summed E-state index contributed by atoms with van der Waals surface area (Å²) in [6, 6.07) is 0. The third-order valence-electron chi connectivity index (χ3n) is 3.29. The molecule has 0 radical (unpaired) electrons. The first-order valence-corrected chi connectivity index (χ1v) is 7.42. The van der Waals surface area contributed by atoms with Gasteiger partial charge in [-0.05, 0) is 33.1 Å². The Hall–Kier alpha value is -1.32. The number of aryl methyl sites for hydroxylation is 1. The quantitative estimate of drug-likeness (QED) is 0.817. The van der Waals surface area contributed by atoms with Crippen LogP contribution < -0.4 is 10.2 Å². The highest BCUT2D eigenvalue weighted by Crippen LogP contribution is 2.27. The van der Waals surface area contributed by atoms with Crippen molar-refractivity contribution >= 4 is 11.8 Å². The van der Waals surface area contributed by atoms with Gasteiger partial charge in [0.15, 0.2) is 0 Å². The molecule has 1 aromatic heterocycles. The molecule has 4 nitrogen and oxygen atoms in total. The maximum atomic E-state index is 4.74. The minimum Gasteiger partial charge on any atom is -0.370 e. The zero-order chi connectivity index (χ0) is 14.4. The van der Waals surface area contributed by atoms with Crippen molar-refractivity contribution in [2.24, 2.45) is 0 Å². The summed E-state index contributed by atoms with van der Waals surface area (Å²) in [7, 11) is 0. The molecule has 0 spiro atoms. The van der Waals surface area contributed by atoms with Gasteiger partial charge in [-0.1, -0.05) is 20.8 Å². The number of nitrogens with zero attached hydrogens (tertiary/aromatic N) is 3. The van der Waals surface area contributed by atoms with Crippen LogP contribution in [0.4, 0.5) is 11.8 Å². The molecular weight excluding hydrogens is 236 g/mol. The van der Waals surface area contributed by atoms with E-state index < -0.39 is 0 Å². The molecule has 1 aromatic rings. The molecule has 0 bridgehead atoms. The Labute approximate surface area is 117 Å². The Morgan fingerprint density at radius 3 is 2.21 bits per heavy atom. The topological polar surface area (TPSA) is 41.1 Å². The average Bonchev–Trinajstić information content (AvgIpc) is 2.36. The lowest BCUT2D eigenvalue weighted by atomic mass is 10.0. The lowest BCUT2D eigenvalue weighted by Gasteiger charge is -2.23. The van der Waals surface area contributed by atoms with E-state index in [0.29, 0.717) is 5.92 Å². The van der Waals surface area contributed by atoms with Crippen LogP contribution in [0.2, 0.25) is 0 Å². The molecule has 0 aliphatic heterocycles. The number of rotatable bonds is 7. The molecule has 0 aliphatic rings. The van der Waals surface area contributed by atoms with Gasteiger partial charge in [-0.3, -0.25) is 0 Å². The monoisotopic (exact) mass is 264 g/mol. The Morgan fingerprint density at radius 2 is 1.74 bits per heavy atom. The van der Waals surface area contributed by atoms with Crippen LogP contribution in [0.1, 0.15) is 58.2 Å². The molecule has 4 heteroatoms. The number of aromatic nitrogens is 2. The molecular formula is C15H28N4. The minimum absolute atomic E-state index is 0.435. The van der Waals surface area contributed by atoms with Crippen LogP contribution in [0.15, 0.2) is 0 Å². The maximum absolute atomic E-state index is 4.74. The van der Waals surface area contributed by atoms with E-state index in [9.17, 15) is 0 Å². The standard InChI is InChI=1S/C15H28N4/c1-7-10-16-14-13(11(4)5)12(6)17-15(18-14)19(8-2)9-3/h11H,7-10H2,1-6H3,(H,16,17,18). The van der Waals surface area contributed by atoms with Crippen LogP contribution in [0.3, 0.4) is 0 Å². The van der Waals surface area contributed by atoms with Crippen molar-refractivity contribution in [2.75, 3.05) is 29.9 Å². The van der Waals surface area contributed by atoms with E-state index in [4.69, 9.17) is 4.98 Å². The van der Waals surface area contributed by atoms with Crippen molar-refractivity contribution in [3.63, 3.8) is 0 Å².